The van der Waals surface area contributed by atoms with Gasteiger partial charge in [0, 0.05) is 29.7 Å². The molecule has 8 heteroatoms. The topological polar surface area (TPSA) is 93.5 Å². The average Bonchev–Trinajstić information content (AvgIpc) is 2.59. The number of hydrogen-bond acceptors (Lipinski definition) is 5. The van der Waals surface area contributed by atoms with Crippen LogP contribution in [-0.2, 0) is 0 Å². The molecule has 0 saturated carbocycles. The van der Waals surface area contributed by atoms with Crippen LogP contribution in [0.2, 0.25) is 5.02 Å². The van der Waals surface area contributed by atoms with Crippen LogP contribution >= 0.6 is 11.6 Å². The van der Waals surface area contributed by atoms with Crippen LogP contribution in [0.15, 0.2) is 42.5 Å². The highest BCUT2D eigenvalue weighted by Crippen LogP contribution is 2.27. The summed E-state index contributed by atoms with van der Waals surface area (Å²) in [6.45, 7) is 4.50. The van der Waals surface area contributed by atoms with Gasteiger partial charge in [-0.05, 0) is 50.2 Å². The van der Waals surface area contributed by atoms with E-state index in [2.05, 4.69) is 10.6 Å². The number of nitro benzene ring substituents is 1. The van der Waals surface area contributed by atoms with E-state index in [1.165, 1.54) is 12.1 Å². The number of halogens is 1. The summed E-state index contributed by atoms with van der Waals surface area (Å²) in [7, 11) is 0. The van der Waals surface area contributed by atoms with Crippen molar-refractivity contribution in [1.82, 2.24) is 5.32 Å². The van der Waals surface area contributed by atoms with Gasteiger partial charge in [-0.1, -0.05) is 11.6 Å². The quantitative estimate of drug-likeness (QED) is 0.413. The molecule has 2 N–H and O–H groups in total. The first-order valence-electron chi connectivity index (χ1n) is 8.09. The Bertz CT molecular complexity index is 779. The monoisotopic (exact) mass is 377 g/mol. The lowest BCUT2D eigenvalue weighted by molar-refractivity contribution is -0.383. The first-order chi connectivity index (χ1) is 12.4. The Morgan fingerprint density at radius 2 is 1.88 bits per heavy atom. The van der Waals surface area contributed by atoms with Crippen LogP contribution in [0.25, 0.3) is 0 Å². The molecule has 0 heterocycles. The number of benzene rings is 2. The molecule has 7 nitrogen and oxygen atoms in total. The third kappa shape index (κ3) is 5.63. The van der Waals surface area contributed by atoms with E-state index < -0.39 is 4.92 Å². The summed E-state index contributed by atoms with van der Waals surface area (Å²) in [6.07, 6.45) is 0.0673. The van der Waals surface area contributed by atoms with Gasteiger partial charge in [0.05, 0.1) is 11.0 Å². The molecule has 0 atom stereocenters. The Hall–Kier alpha value is -2.80. The van der Waals surface area contributed by atoms with Crippen LogP contribution in [0.3, 0.4) is 0 Å². The van der Waals surface area contributed by atoms with E-state index >= 15 is 0 Å². The number of hydrogen-bond donors (Lipinski definition) is 2. The highest BCUT2D eigenvalue weighted by atomic mass is 35.5. The van der Waals surface area contributed by atoms with Gasteiger partial charge in [0.15, 0.2) is 0 Å². The Labute approximate surface area is 156 Å². The number of carbonyl (C=O) groups is 1. The predicted molar refractivity (Wildman–Crippen MR) is 101 cm³/mol. The summed E-state index contributed by atoms with van der Waals surface area (Å²) in [5.41, 5.74) is 0.756. The lowest BCUT2D eigenvalue weighted by Crippen LogP contribution is -2.28. The summed E-state index contributed by atoms with van der Waals surface area (Å²) in [5.74, 6) is 0.474. The lowest BCUT2D eigenvalue weighted by Gasteiger charge is -2.11. The first kappa shape index (κ1) is 19.5. The van der Waals surface area contributed by atoms with Crippen molar-refractivity contribution in [3.63, 3.8) is 0 Å². The minimum atomic E-state index is -0.506. The van der Waals surface area contributed by atoms with Crippen molar-refractivity contribution in [2.45, 2.75) is 20.0 Å². The van der Waals surface area contributed by atoms with Crippen molar-refractivity contribution in [3.05, 3.63) is 63.2 Å². The van der Waals surface area contributed by atoms with Gasteiger partial charge in [-0.3, -0.25) is 14.9 Å². The second-order valence-corrected chi connectivity index (χ2v) is 6.23. The summed E-state index contributed by atoms with van der Waals surface area (Å²) in [4.78, 5) is 22.6. The number of nitro groups is 1. The van der Waals surface area contributed by atoms with E-state index in [-0.39, 0.29) is 17.7 Å². The Morgan fingerprint density at radius 1 is 1.19 bits per heavy atom. The second kappa shape index (κ2) is 9.05. The fourth-order valence-corrected chi connectivity index (χ4v) is 2.40. The maximum Gasteiger partial charge on any atom is 0.293 e. The van der Waals surface area contributed by atoms with E-state index in [4.69, 9.17) is 16.3 Å². The van der Waals surface area contributed by atoms with Crippen molar-refractivity contribution in [2.24, 2.45) is 0 Å². The molecule has 2 rings (SSSR count). The Kier molecular flexibility index (Phi) is 6.80. The van der Waals surface area contributed by atoms with Gasteiger partial charge in [0.25, 0.3) is 11.6 Å². The van der Waals surface area contributed by atoms with E-state index in [1.54, 1.807) is 30.3 Å². The number of ether oxygens (including phenoxy) is 1. The van der Waals surface area contributed by atoms with Gasteiger partial charge in [-0.2, -0.15) is 0 Å². The molecule has 26 heavy (non-hydrogen) atoms. The molecule has 0 aromatic heterocycles. The summed E-state index contributed by atoms with van der Waals surface area (Å²) in [6, 6.07) is 11.2. The van der Waals surface area contributed by atoms with E-state index in [0.717, 1.165) is 0 Å². The lowest BCUT2D eigenvalue weighted by atomic mass is 10.2. The number of carbonyl (C=O) groups excluding carboxylic acids is 1. The molecular formula is C18H20ClN3O4. The number of nitrogens with one attached hydrogen (secondary N) is 2. The van der Waals surface area contributed by atoms with Crippen molar-refractivity contribution >= 4 is 28.9 Å². The SMILES string of the molecule is CC(C)Oc1ccc(C(=O)NCCNc2ccc(Cl)cc2[N+](=O)[O-])cc1. The molecule has 0 radical (unpaired) electrons. The molecule has 1 amide bonds. The third-order valence-corrected chi connectivity index (χ3v) is 3.61. The fourth-order valence-electron chi connectivity index (χ4n) is 2.24. The number of nitrogens with zero attached hydrogens (tertiary/aromatic N) is 1. The van der Waals surface area contributed by atoms with Crippen LogP contribution in [0.4, 0.5) is 11.4 Å². The highest BCUT2D eigenvalue weighted by molar-refractivity contribution is 6.30. The van der Waals surface area contributed by atoms with Crippen LogP contribution in [0.1, 0.15) is 24.2 Å². The maximum atomic E-state index is 12.1. The van der Waals surface area contributed by atoms with E-state index in [1.807, 2.05) is 13.8 Å². The van der Waals surface area contributed by atoms with E-state index in [9.17, 15) is 14.9 Å². The highest BCUT2D eigenvalue weighted by Gasteiger charge is 2.14. The molecular weight excluding hydrogens is 358 g/mol. The predicted octanol–water partition coefficient (Wildman–Crippen LogP) is 3.88. The average molecular weight is 378 g/mol. The molecule has 0 saturated heterocycles. The van der Waals surface area contributed by atoms with Crippen LogP contribution in [0.5, 0.6) is 5.75 Å². The van der Waals surface area contributed by atoms with Gasteiger partial charge < -0.3 is 15.4 Å². The molecule has 138 valence electrons. The largest absolute Gasteiger partial charge is 0.491 e. The number of anilines is 1. The molecule has 0 bridgehead atoms. The summed E-state index contributed by atoms with van der Waals surface area (Å²) >= 11 is 5.77. The Morgan fingerprint density at radius 3 is 2.50 bits per heavy atom. The zero-order chi connectivity index (χ0) is 19.1. The molecule has 0 aliphatic heterocycles. The van der Waals surface area contributed by atoms with Gasteiger partial charge >= 0.3 is 0 Å². The molecule has 2 aromatic rings. The standard InChI is InChI=1S/C18H20ClN3O4/c1-12(2)26-15-6-3-13(4-7-15)18(23)21-10-9-20-16-8-5-14(19)11-17(16)22(24)25/h3-8,11-12,20H,9-10H2,1-2H3,(H,21,23). The molecule has 0 aliphatic rings. The Balaban J connectivity index is 1.84. The number of rotatable bonds is 8. The van der Waals surface area contributed by atoms with Crippen LogP contribution in [-0.4, -0.2) is 30.0 Å². The smallest absolute Gasteiger partial charge is 0.293 e. The van der Waals surface area contributed by atoms with Gasteiger partial charge in [0.2, 0.25) is 0 Å². The van der Waals surface area contributed by atoms with Crippen molar-refractivity contribution < 1.29 is 14.5 Å². The van der Waals surface area contributed by atoms with Crippen molar-refractivity contribution in [2.75, 3.05) is 18.4 Å². The second-order valence-electron chi connectivity index (χ2n) is 5.79. The summed E-state index contributed by atoms with van der Waals surface area (Å²) in [5, 5.41) is 17.0. The molecule has 0 unspecified atom stereocenters. The van der Waals surface area contributed by atoms with Gasteiger partial charge in [0.1, 0.15) is 11.4 Å². The first-order valence-corrected chi connectivity index (χ1v) is 8.47. The van der Waals surface area contributed by atoms with Crippen LogP contribution in [0, 0.1) is 10.1 Å². The maximum absolute atomic E-state index is 12.1. The third-order valence-electron chi connectivity index (χ3n) is 3.37. The molecule has 0 spiro atoms. The van der Waals surface area contributed by atoms with Crippen LogP contribution < -0.4 is 15.4 Å². The molecule has 2 aromatic carbocycles. The number of amides is 1. The van der Waals surface area contributed by atoms with Gasteiger partial charge in [-0.15, -0.1) is 0 Å². The minimum absolute atomic E-state index is 0.0673. The molecule has 0 fully saturated rings. The fraction of sp³-hybridized carbons (Fsp3) is 0.278. The zero-order valence-electron chi connectivity index (χ0n) is 14.5. The minimum Gasteiger partial charge on any atom is -0.491 e. The normalized spacial score (nSPS) is 10.5. The molecule has 0 aliphatic carbocycles. The van der Waals surface area contributed by atoms with Crippen molar-refractivity contribution in [1.29, 1.82) is 0 Å². The van der Waals surface area contributed by atoms with E-state index in [0.29, 0.717) is 35.1 Å². The zero-order valence-corrected chi connectivity index (χ0v) is 15.2. The van der Waals surface area contributed by atoms with Crippen molar-refractivity contribution in [3.8, 4) is 5.75 Å². The summed E-state index contributed by atoms with van der Waals surface area (Å²) < 4.78 is 5.53. The van der Waals surface area contributed by atoms with Gasteiger partial charge in [-0.25, -0.2) is 0 Å².